The van der Waals surface area contributed by atoms with Crippen LogP contribution in [0, 0.1) is 17.8 Å². The number of carbonyl (C=O) groups is 5. The van der Waals surface area contributed by atoms with Crippen molar-refractivity contribution >= 4 is 29.2 Å². The molecule has 1 heterocycles. The molecule has 0 aromatic heterocycles. The van der Waals surface area contributed by atoms with Gasteiger partial charge in [0.2, 0.25) is 5.78 Å². The third-order valence-electron chi connectivity index (χ3n) is 10.8. The summed E-state index contributed by atoms with van der Waals surface area (Å²) in [5.41, 5.74) is 3.05. The van der Waals surface area contributed by atoms with Gasteiger partial charge >= 0.3 is 5.97 Å². The lowest BCUT2D eigenvalue weighted by Crippen LogP contribution is -2.52. The van der Waals surface area contributed by atoms with Gasteiger partial charge in [-0.1, -0.05) is 102 Å². The lowest BCUT2D eigenvalue weighted by atomic mass is 9.86. The summed E-state index contributed by atoms with van der Waals surface area (Å²) < 4.78 is 5.29. The molecule has 320 valence electrons. The van der Waals surface area contributed by atoms with Crippen molar-refractivity contribution in [2.45, 2.75) is 190 Å². The maximum atomic E-state index is 13.1. The van der Waals surface area contributed by atoms with E-state index in [0.717, 1.165) is 51.4 Å². The molecule has 5 unspecified atom stereocenters. The number of nitrogens with zero attached hydrogens (tertiary/aromatic N) is 1. The van der Waals surface area contributed by atoms with E-state index >= 15 is 0 Å². The fraction of sp³-hybridized carbons (Fsp3) is 0.723. The number of carbonyl (C=O) groups excluding carboxylic acids is 5. The van der Waals surface area contributed by atoms with Crippen molar-refractivity contribution in [3.05, 3.63) is 47.1 Å². The molecule has 9 nitrogen and oxygen atoms in total. The Kier molecular flexibility index (Phi) is 29.2. The molecule has 0 radical (unpaired) electrons. The molecule has 1 saturated heterocycles. The highest BCUT2D eigenvalue weighted by atomic mass is 16.5. The number of ketones is 3. The molecule has 9 heteroatoms. The van der Waals surface area contributed by atoms with Gasteiger partial charge in [-0.15, -0.1) is 0 Å². The van der Waals surface area contributed by atoms with Gasteiger partial charge < -0.3 is 19.8 Å². The molecule has 0 bridgehead atoms. The van der Waals surface area contributed by atoms with Gasteiger partial charge in [-0.25, -0.2) is 4.79 Å². The van der Waals surface area contributed by atoms with Crippen molar-refractivity contribution in [2.75, 3.05) is 13.2 Å². The average Bonchev–Trinajstić information content (AvgIpc) is 3.19. The van der Waals surface area contributed by atoms with Crippen LogP contribution in [0.5, 0.6) is 0 Å². The summed E-state index contributed by atoms with van der Waals surface area (Å²) in [6.07, 6.45) is 22.2. The Labute approximate surface area is 340 Å². The zero-order valence-corrected chi connectivity index (χ0v) is 36.9. The van der Waals surface area contributed by atoms with Gasteiger partial charge in [0.05, 0.1) is 18.8 Å². The minimum atomic E-state index is -0.848. The lowest BCUT2D eigenvalue weighted by molar-refractivity contribution is -0.160. The quantitative estimate of drug-likeness (QED) is 0.0508. The fourth-order valence-corrected chi connectivity index (χ4v) is 6.55. The number of aliphatic hydroxyl groups is 2. The normalized spacial score (nSPS) is 19.1. The smallest absolute Gasteiger partial charge is 0.328 e. The minimum absolute atomic E-state index is 0.0229. The van der Waals surface area contributed by atoms with Crippen LogP contribution in [0.4, 0.5) is 0 Å². The molecular formula is C47H79NO8. The topological polar surface area (TPSA) is 138 Å². The predicted molar refractivity (Wildman–Crippen MR) is 228 cm³/mol. The van der Waals surface area contributed by atoms with Gasteiger partial charge in [0.15, 0.2) is 0 Å². The SMILES string of the molecule is CC.CCCOC(=O)C1CCCCN1C(=O)C(=O)C(C)C(C)CCC/C(C)=C/C=C/C=C(\C)CCC(C)C(=O)CC(O)/C(C)=C/CC(C)=O.OC1CCCCC1. The summed E-state index contributed by atoms with van der Waals surface area (Å²) in [6.45, 7) is 19.7. The van der Waals surface area contributed by atoms with Crippen molar-refractivity contribution in [2.24, 2.45) is 17.8 Å². The molecule has 0 aromatic carbocycles. The van der Waals surface area contributed by atoms with Gasteiger partial charge in [-0.3, -0.25) is 19.2 Å². The number of esters is 1. The Morgan fingerprint density at radius 1 is 0.821 bits per heavy atom. The molecular weight excluding hydrogens is 707 g/mol. The predicted octanol–water partition coefficient (Wildman–Crippen LogP) is 9.78. The fourth-order valence-electron chi connectivity index (χ4n) is 6.55. The molecule has 0 aromatic rings. The standard InChI is InChI=1S/C39H61NO7.C6H12O.C2H6/c1-9-25-47-39(46)34-19-12-13-24-40(34)38(45)37(44)33(8)29(4)18-14-17-27(2)15-10-11-16-28(3)20-21-30(5)35(42)26-36(43)31(6)22-23-32(7)41;7-6-4-2-1-3-5-6;1-2/h10-11,15-16,22,29-30,33-34,36,43H,9,12-14,17-21,23-26H2,1-8H3;6-7H,1-5H2;1-2H3/b11-10+,27-15+,28-16+,31-22+;;. The number of likely N-dealkylation sites (tertiary alicyclic amines) is 1. The van der Waals surface area contributed by atoms with E-state index in [1.54, 1.807) is 13.0 Å². The number of ether oxygens (including phenoxy) is 1. The van der Waals surface area contributed by atoms with Crippen LogP contribution in [-0.4, -0.2) is 75.7 Å². The van der Waals surface area contributed by atoms with Crippen LogP contribution in [-0.2, 0) is 28.7 Å². The third-order valence-corrected chi connectivity index (χ3v) is 10.8. The number of hydrogen-bond acceptors (Lipinski definition) is 8. The minimum Gasteiger partial charge on any atom is -0.464 e. The number of allylic oxidation sites excluding steroid dienone is 7. The van der Waals surface area contributed by atoms with Crippen LogP contribution in [0.3, 0.4) is 0 Å². The van der Waals surface area contributed by atoms with Crippen LogP contribution in [0.1, 0.15) is 172 Å². The molecule has 1 amide bonds. The molecule has 1 aliphatic carbocycles. The van der Waals surface area contributed by atoms with Crippen molar-refractivity contribution in [1.29, 1.82) is 0 Å². The molecule has 2 N–H and O–H groups in total. The van der Waals surface area contributed by atoms with Gasteiger partial charge in [0.25, 0.3) is 5.91 Å². The van der Waals surface area contributed by atoms with Crippen LogP contribution in [0.25, 0.3) is 0 Å². The highest BCUT2D eigenvalue weighted by Crippen LogP contribution is 2.25. The third kappa shape index (κ3) is 22.5. The maximum absolute atomic E-state index is 13.1. The number of amides is 1. The zero-order valence-electron chi connectivity index (χ0n) is 36.9. The zero-order chi connectivity index (χ0) is 42.6. The molecule has 2 fully saturated rings. The first-order valence-corrected chi connectivity index (χ1v) is 21.6. The van der Waals surface area contributed by atoms with Gasteiger partial charge in [0.1, 0.15) is 17.6 Å². The van der Waals surface area contributed by atoms with E-state index in [0.29, 0.717) is 38.0 Å². The van der Waals surface area contributed by atoms with E-state index in [4.69, 9.17) is 9.84 Å². The average molecular weight is 786 g/mol. The second-order valence-corrected chi connectivity index (χ2v) is 15.9. The van der Waals surface area contributed by atoms with Crippen LogP contribution < -0.4 is 0 Å². The first-order valence-electron chi connectivity index (χ1n) is 21.6. The molecule has 2 rings (SSSR count). The highest BCUT2D eigenvalue weighted by Gasteiger charge is 2.38. The van der Waals surface area contributed by atoms with Gasteiger partial charge in [-0.2, -0.15) is 0 Å². The Morgan fingerprint density at radius 2 is 1.41 bits per heavy atom. The second-order valence-electron chi connectivity index (χ2n) is 15.9. The van der Waals surface area contributed by atoms with Crippen molar-refractivity contribution in [3.63, 3.8) is 0 Å². The molecule has 1 aliphatic heterocycles. The second kappa shape index (κ2) is 30.9. The summed E-state index contributed by atoms with van der Waals surface area (Å²) in [4.78, 5) is 63.9. The Hall–Kier alpha value is -3.17. The highest BCUT2D eigenvalue weighted by molar-refractivity contribution is 6.37. The molecule has 2 aliphatic rings. The number of Topliss-reactive ketones (excluding diaryl/α,β-unsaturated/α-hetero) is 3. The van der Waals surface area contributed by atoms with E-state index in [1.807, 2.05) is 66.7 Å². The number of piperidine rings is 1. The van der Waals surface area contributed by atoms with E-state index in [9.17, 15) is 29.1 Å². The Morgan fingerprint density at radius 3 is 1.96 bits per heavy atom. The molecule has 0 spiro atoms. The number of rotatable bonds is 21. The van der Waals surface area contributed by atoms with Gasteiger partial charge in [-0.05, 0) is 110 Å². The summed E-state index contributed by atoms with van der Waals surface area (Å²) in [5.74, 6) is -1.88. The van der Waals surface area contributed by atoms with Crippen LogP contribution >= 0.6 is 0 Å². The van der Waals surface area contributed by atoms with Crippen LogP contribution in [0.2, 0.25) is 0 Å². The van der Waals surface area contributed by atoms with E-state index in [1.165, 1.54) is 42.2 Å². The monoisotopic (exact) mass is 786 g/mol. The molecule has 5 atom stereocenters. The number of aliphatic hydroxyl groups excluding tert-OH is 2. The Bertz CT molecular complexity index is 1300. The first-order chi connectivity index (χ1) is 26.6. The molecule has 56 heavy (non-hydrogen) atoms. The largest absolute Gasteiger partial charge is 0.464 e. The van der Waals surface area contributed by atoms with E-state index < -0.39 is 35.7 Å². The number of hydrogen-bond donors (Lipinski definition) is 2. The van der Waals surface area contributed by atoms with Crippen molar-refractivity contribution in [3.8, 4) is 0 Å². The lowest BCUT2D eigenvalue weighted by Gasteiger charge is -2.34. The summed E-state index contributed by atoms with van der Waals surface area (Å²) in [7, 11) is 0. The summed E-state index contributed by atoms with van der Waals surface area (Å²) >= 11 is 0. The summed E-state index contributed by atoms with van der Waals surface area (Å²) in [6, 6.07) is -0.663. The molecule has 1 saturated carbocycles. The summed E-state index contributed by atoms with van der Waals surface area (Å²) in [5, 5.41) is 19.2. The van der Waals surface area contributed by atoms with Crippen molar-refractivity contribution in [1.82, 2.24) is 4.90 Å². The van der Waals surface area contributed by atoms with Gasteiger partial charge in [0, 0.05) is 31.2 Å². The maximum Gasteiger partial charge on any atom is 0.328 e. The van der Waals surface area contributed by atoms with Crippen LogP contribution in [0.15, 0.2) is 47.1 Å². The Balaban J connectivity index is 0.00000296. The van der Waals surface area contributed by atoms with Crippen molar-refractivity contribution < 1.29 is 38.9 Å². The van der Waals surface area contributed by atoms with E-state index in [2.05, 4.69) is 13.0 Å². The van der Waals surface area contributed by atoms with E-state index in [-0.39, 0.29) is 42.3 Å². The first kappa shape index (κ1) is 52.8.